The number of carbonyl (C=O) groups excluding carboxylic acids is 1. The molecule has 0 bridgehead atoms. The summed E-state index contributed by atoms with van der Waals surface area (Å²) in [5.41, 5.74) is -1.13. The van der Waals surface area contributed by atoms with Gasteiger partial charge in [-0.25, -0.2) is 18.0 Å². The number of carbonyl (C=O) groups is 1. The normalized spacial score (nSPS) is 25.0. The third kappa shape index (κ3) is 2.71. The smallest absolute Gasteiger partial charge is 0.413 e. The Hall–Kier alpha value is -1.72. The highest BCUT2D eigenvalue weighted by molar-refractivity contribution is 5.70. The van der Waals surface area contributed by atoms with Gasteiger partial charge in [-0.05, 0) is 20.8 Å². The zero-order chi connectivity index (χ0) is 15.9. The van der Waals surface area contributed by atoms with Crippen molar-refractivity contribution < 1.29 is 22.7 Å². The Balaban J connectivity index is 2.40. The van der Waals surface area contributed by atoms with Gasteiger partial charge in [0.2, 0.25) is 0 Å². The van der Waals surface area contributed by atoms with E-state index < -0.39 is 36.4 Å². The van der Waals surface area contributed by atoms with E-state index in [1.807, 2.05) is 0 Å². The number of amides is 1. The second-order valence-corrected chi connectivity index (χ2v) is 6.07. The van der Waals surface area contributed by atoms with Crippen LogP contribution in [0.4, 0.5) is 18.0 Å². The molecule has 116 valence electrons. The van der Waals surface area contributed by atoms with Gasteiger partial charge in [0.15, 0.2) is 0 Å². The molecule has 0 saturated carbocycles. The Morgan fingerprint density at radius 2 is 1.76 bits per heavy atom. The summed E-state index contributed by atoms with van der Waals surface area (Å²) in [6.45, 7) is 4.40. The number of likely N-dealkylation sites (tertiary alicyclic amines) is 1. The first kappa shape index (κ1) is 15.7. The second-order valence-electron chi connectivity index (χ2n) is 6.07. The van der Waals surface area contributed by atoms with Gasteiger partial charge in [0.25, 0.3) is 5.79 Å². The maximum atomic E-state index is 15.2. The van der Waals surface area contributed by atoms with Gasteiger partial charge in [0.05, 0.1) is 0 Å². The highest BCUT2D eigenvalue weighted by Gasteiger charge is 2.66. The van der Waals surface area contributed by atoms with E-state index in [0.29, 0.717) is 4.90 Å². The molecule has 2 rings (SSSR count). The summed E-state index contributed by atoms with van der Waals surface area (Å²) in [6, 6.07) is 7.00. The number of rotatable bonds is 1. The summed E-state index contributed by atoms with van der Waals surface area (Å²) < 4.78 is 48.4. The average molecular weight is 301 g/mol. The van der Waals surface area contributed by atoms with Crippen LogP contribution in [0, 0.1) is 0 Å². The van der Waals surface area contributed by atoms with E-state index in [1.165, 1.54) is 24.3 Å². The molecule has 0 spiro atoms. The molecule has 1 aliphatic rings. The van der Waals surface area contributed by atoms with Crippen LogP contribution in [-0.4, -0.2) is 29.1 Å². The van der Waals surface area contributed by atoms with Gasteiger partial charge in [-0.1, -0.05) is 30.3 Å². The van der Waals surface area contributed by atoms with Crippen molar-refractivity contribution in [3.63, 3.8) is 0 Å². The van der Waals surface area contributed by atoms with Gasteiger partial charge < -0.3 is 4.74 Å². The van der Waals surface area contributed by atoms with Crippen LogP contribution >= 0.6 is 0 Å². The lowest BCUT2D eigenvalue weighted by Gasteiger charge is -2.35. The highest BCUT2D eigenvalue weighted by atomic mass is 19.3. The molecule has 1 amide bonds. The Bertz CT molecular complexity index is 527. The van der Waals surface area contributed by atoms with Crippen LogP contribution in [0.15, 0.2) is 30.3 Å². The topological polar surface area (TPSA) is 29.5 Å². The minimum Gasteiger partial charge on any atom is -0.444 e. The summed E-state index contributed by atoms with van der Waals surface area (Å²) in [7, 11) is 0. The van der Waals surface area contributed by atoms with Crippen molar-refractivity contribution in [1.82, 2.24) is 4.90 Å². The predicted molar refractivity (Wildman–Crippen MR) is 71.7 cm³/mol. The molecular formula is C15H18F3NO2. The molecule has 1 aliphatic heterocycles. The molecule has 21 heavy (non-hydrogen) atoms. The number of alkyl halides is 3. The Kier molecular flexibility index (Phi) is 3.68. The largest absolute Gasteiger partial charge is 0.444 e. The van der Waals surface area contributed by atoms with Crippen molar-refractivity contribution >= 4 is 6.09 Å². The first-order valence-electron chi connectivity index (χ1n) is 6.71. The molecule has 0 aromatic heterocycles. The van der Waals surface area contributed by atoms with Gasteiger partial charge in [0.1, 0.15) is 5.60 Å². The van der Waals surface area contributed by atoms with E-state index in [1.54, 1.807) is 26.8 Å². The van der Waals surface area contributed by atoms with Crippen molar-refractivity contribution in [2.45, 2.75) is 44.5 Å². The molecule has 1 unspecified atom stereocenters. The van der Waals surface area contributed by atoms with Crippen LogP contribution in [0.2, 0.25) is 0 Å². The summed E-state index contributed by atoms with van der Waals surface area (Å²) in [4.78, 5) is 12.5. The van der Waals surface area contributed by atoms with Crippen molar-refractivity contribution in [3.05, 3.63) is 35.9 Å². The van der Waals surface area contributed by atoms with Crippen molar-refractivity contribution in [3.8, 4) is 0 Å². The van der Waals surface area contributed by atoms with E-state index in [-0.39, 0.29) is 5.56 Å². The molecule has 1 heterocycles. The summed E-state index contributed by atoms with van der Waals surface area (Å²) in [5, 5.41) is 0. The van der Waals surface area contributed by atoms with Gasteiger partial charge in [-0.2, -0.15) is 0 Å². The van der Waals surface area contributed by atoms with Crippen LogP contribution in [0.1, 0.15) is 32.8 Å². The first-order valence-corrected chi connectivity index (χ1v) is 6.71. The van der Waals surface area contributed by atoms with Gasteiger partial charge in [-0.15, -0.1) is 0 Å². The quantitative estimate of drug-likeness (QED) is 0.731. The molecular weight excluding hydrogens is 283 g/mol. The van der Waals surface area contributed by atoms with Gasteiger partial charge >= 0.3 is 12.0 Å². The minimum absolute atomic E-state index is 0.252. The lowest BCUT2D eigenvalue weighted by atomic mass is 9.98. The lowest BCUT2D eigenvalue weighted by molar-refractivity contribution is -0.171. The zero-order valence-electron chi connectivity index (χ0n) is 12.2. The third-order valence-corrected chi connectivity index (χ3v) is 3.28. The molecule has 6 heteroatoms. The molecule has 1 saturated heterocycles. The van der Waals surface area contributed by atoms with Gasteiger partial charge in [0, 0.05) is 18.5 Å². The lowest BCUT2D eigenvalue weighted by Crippen LogP contribution is -2.51. The fourth-order valence-electron chi connectivity index (χ4n) is 2.33. The Morgan fingerprint density at radius 1 is 1.19 bits per heavy atom. The zero-order valence-corrected chi connectivity index (χ0v) is 12.2. The van der Waals surface area contributed by atoms with Crippen molar-refractivity contribution in [2.75, 3.05) is 6.54 Å². The van der Waals surface area contributed by atoms with Crippen LogP contribution in [0.3, 0.4) is 0 Å². The number of benzene rings is 1. The van der Waals surface area contributed by atoms with Crippen LogP contribution in [0.25, 0.3) is 0 Å². The predicted octanol–water partition coefficient (Wildman–Crippen LogP) is 4.09. The summed E-state index contributed by atoms with van der Waals surface area (Å²) >= 11 is 0. The standard InChI is InChI=1S/C15H18F3NO2/c1-13(2,3)21-12(20)19-10-9-14(16,17)15(19,18)11-7-5-4-6-8-11/h4-8H,9-10H2,1-3H3. The number of hydrogen-bond donors (Lipinski definition) is 0. The summed E-state index contributed by atoms with van der Waals surface area (Å²) in [6.07, 6.45) is -1.82. The maximum Gasteiger partial charge on any atom is 0.413 e. The first-order chi connectivity index (χ1) is 9.58. The molecule has 1 atom stereocenters. The number of ether oxygens (including phenoxy) is 1. The maximum absolute atomic E-state index is 15.2. The Labute approximate surface area is 121 Å². The molecule has 0 N–H and O–H groups in total. The fraction of sp³-hybridized carbons (Fsp3) is 0.533. The number of hydrogen-bond acceptors (Lipinski definition) is 2. The van der Waals surface area contributed by atoms with E-state index in [4.69, 9.17) is 4.74 Å². The highest BCUT2D eigenvalue weighted by Crippen LogP contribution is 2.51. The monoisotopic (exact) mass is 301 g/mol. The van der Waals surface area contributed by atoms with E-state index in [2.05, 4.69) is 0 Å². The second kappa shape index (κ2) is 4.93. The van der Waals surface area contributed by atoms with E-state index in [9.17, 15) is 13.6 Å². The minimum atomic E-state index is -3.66. The average Bonchev–Trinajstić information content (AvgIpc) is 2.61. The SMILES string of the molecule is CC(C)(C)OC(=O)N1CCC(F)(F)C1(F)c1ccccc1. The molecule has 1 aromatic rings. The Morgan fingerprint density at radius 3 is 2.29 bits per heavy atom. The van der Waals surface area contributed by atoms with Crippen LogP contribution in [0.5, 0.6) is 0 Å². The molecule has 3 nitrogen and oxygen atoms in total. The van der Waals surface area contributed by atoms with E-state index in [0.717, 1.165) is 0 Å². The van der Waals surface area contributed by atoms with Crippen molar-refractivity contribution in [2.24, 2.45) is 0 Å². The molecule has 1 aromatic carbocycles. The summed E-state index contributed by atoms with van der Waals surface area (Å²) in [5.74, 6) is -6.85. The third-order valence-electron chi connectivity index (χ3n) is 3.28. The van der Waals surface area contributed by atoms with Crippen LogP contribution in [-0.2, 0) is 10.5 Å². The molecule has 1 fully saturated rings. The van der Waals surface area contributed by atoms with Crippen LogP contribution < -0.4 is 0 Å². The number of halogens is 3. The molecule has 0 aliphatic carbocycles. The fourth-order valence-corrected chi connectivity index (χ4v) is 2.33. The van der Waals surface area contributed by atoms with Gasteiger partial charge in [-0.3, -0.25) is 4.90 Å². The van der Waals surface area contributed by atoms with E-state index >= 15 is 4.39 Å². The molecule has 0 radical (unpaired) electrons. The van der Waals surface area contributed by atoms with Crippen molar-refractivity contribution in [1.29, 1.82) is 0 Å². The number of nitrogens with zero attached hydrogens (tertiary/aromatic N) is 1.